The fourth-order valence-corrected chi connectivity index (χ4v) is 5.92. The first-order chi connectivity index (χ1) is 18.5. The normalized spacial score (nSPS) is 11.3. The molecule has 0 bridgehead atoms. The summed E-state index contributed by atoms with van der Waals surface area (Å²) in [6.45, 7) is 0.803. The number of halogens is 1. The Balaban J connectivity index is 1.46. The van der Waals surface area contributed by atoms with Crippen molar-refractivity contribution in [3.05, 3.63) is 86.7 Å². The lowest BCUT2D eigenvalue weighted by Gasteiger charge is -2.14. The Morgan fingerprint density at radius 1 is 1.21 bits per heavy atom. The second-order valence-corrected chi connectivity index (χ2v) is 10.8. The SMILES string of the molecule is COCCCn1c(=N)c(C(=O)Nc2nnc(SCc3ccccc3Cl)s2)cc2c(=O)n3ccccc3nc21. The fraction of sp³-hybridized carbons (Fsp3) is 0.200. The van der Waals surface area contributed by atoms with Crippen molar-refractivity contribution in [3.8, 4) is 0 Å². The van der Waals surface area contributed by atoms with Gasteiger partial charge in [-0.3, -0.25) is 24.7 Å². The molecular formula is C25H22ClN7O3S2. The fourth-order valence-electron chi connectivity index (χ4n) is 3.88. The van der Waals surface area contributed by atoms with Crippen molar-refractivity contribution in [2.24, 2.45) is 0 Å². The summed E-state index contributed by atoms with van der Waals surface area (Å²) < 4.78 is 8.81. The molecule has 0 fully saturated rings. The number of carbonyl (C=O) groups excluding carboxylic acids is 1. The van der Waals surface area contributed by atoms with E-state index in [9.17, 15) is 9.59 Å². The second kappa shape index (κ2) is 11.4. The van der Waals surface area contributed by atoms with Crippen molar-refractivity contribution < 1.29 is 9.53 Å². The molecule has 5 aromatic rings. The monoisotopic (exact) mass is 567 g/mol. The Hall–Kier alpha value is -3.58. The van der Waals surface area contributed by atoms with Crippen LogP contribution in [0.3, 0.4) is 0 Å². The van der Waals surface area contributed by atoms with Crippen LogP contribution in [0.1, 0.15) is 22.3 Å². The number of aryl methyl sites for hydroxylation is 1. The molecule has 1 amide bonds. The smallest absolute Gasteiger partial charge is 0.267 e. The molecule has 0 aliphatic carbocycles. The summed E-state index contributed by atoms with van der Waals surface area (Å²) in [6, 6.07) is 14.2. The Morgan fingerprint density at radius 2 is 2.03 bits per heavy atom. The lowest BCUT2D eigenvalue weighted by molar-refractivity contribution is 0.102. The van der Waals surface area contributed by atoms with Gasteiger partial charge >= 0.3 is 0 Å². The topological polar surface area (TPSA) is 127 Å². The number of anilines is 1. The number of nitrogens with zero attached hydrogens (tertiary/aromatic N) is 5. The minimum absolute atomic E-state index is 0.0326. The largest absolute Gasteiger partial charge is 0.385 e. The highest BCUT2D eigenvalue weighted by Crippen LogP contribution is 2.30. The van der Waals surface area contributed by atoms with Gasteiger partial charge in [0.15, 0.2) is 4.34 Å². The molecule has 0 atom stereocenters. The first-order valence-corrected chi connectivity index (χ1v) is 13.7. The van der Waals surface area contributed by atoms with Crippen LogP contribution >= 0.6 is 34.7 Å². The molecule has 38 heavy (non-hydrogen) atoms. The summed E-state index contributed by atoms with van der Waals surface area (Å²) in [6.07, 6.45) is 2.20. The van der Waals surface area contributed by atoms with Crippen molar-refractivity contribution >= 4 is 62.4 Å². The lowest BCUT2D eigenvalue weighted by Crippen LogP contribution is -2.32. The molecule has 4 heterocycles. The van der Waals surface area contributed by atoms with Gasteiger partial charge in [-0.05, 0) is 36.2 Å². The van der Waals surface area contributed by atoms with E-state index in [1.807, 2.05) is 24.3 Å². The van der Waals surface area contributed by atoms with E-state index < -0.39 is 5.91 Å². The average Bonchev–Trinajstić information content (AvgIpc) is 3.36. The summed E-state index contributed by atoms with van der Waals surface area (Å²) in [5.74, 6) is 0.0460. The molecule has 13 heteroatoms. The maximum Gasteiger partial charge on any atom is 0.267 e. The quantitative estimate of drug-likeness (QED) is 0.118. The molecule has 5 rings (SSSR count). The molecule has 0 saturated carbocycles. The summed E-state index contributed by atoms with van der Waals surface area (Å²) in [7, 11) is 1.59. The van der Waals surface area contributed by atoms with E-state index in [0.717, 1.165) is 5.56 Å². The van der Waals surface area contributed by atoms with Gasteiger partial charge in [0, 0.05) is 37.2 Å². The van der Waals surface area contributed by atoms with Gasteiger partial charge in [-0.1, -0.05) is 59.0 Å². The molecule has 0 unspecified atom stereocenters. The predicted molar refractivity (Wildman–Crippen MR) is 148 cm³/mol. The molecule has 0 spiro atoms. The van der Waals surface area contributed by atoms with Gasteiger partial charge in [0.2, 0.25) is 5.13 Å². The number of ether oxygens (including phenoxy) is 1. The van der Waals surface area contributed by atoms with Gasteiger partial charge in [-0.2, -0.15) is 0 Å². The van der Waals surface area contributed by atoms with Crippen LogP contribution in [-0.2, 0) is 17.0 Å². The number of thioether (sulfide) groups is 1. The first kappa shape index (κ1) is 26.0. The van der Waals surface area contributed by atoms with Crippen molar-refractivity contribution in [1.29, 1.82) is 5.41 Å². The second-order valence-electron chi connectivity index (χ2n) is 8.20. The summed E-state index contributed by atoms with van der Waals surface area (Å²) >= 11 is 8.90. The molecule has 2 N–H and O–H groups in total. The van der Waals surface area contributed by atoms with Crippen LogP contribution in [0, 0.1) is 5.41 Å². The number of nitrogens with one attached hydrogen (secondary N) is 2. The van der Waals surface area contributed by atoms with E-state index >= 15 is 0 Å². The van der Waals surface area contributed by atoms with Gasteiger partial charge in [-0.25, -0.2) is 4.98 Å². The van der Waals surface area contributed by atoms with Gasteiger partial charge in [-0.15, -0.1) is 10.2 Å². The van der Waals surface area contributed by atoms with Crippen LogP contribution in [0.25, 0.3) is 16.7 Å². The molecular weight excluding hydrogens is 546 g/mol. The maximum absolute atomic E-state index is 13.3. The third-order valence-electron chi connectivity index (χ3n) is 5.73. The van der Waals surface area contributed by atoms with Gasteiger partial charge in [0.25, 0.3) is 11.5 Å². The van der Waals surface area contributed by atoms with Crippen molar-refractivity contribution in [2.45, 2.75) is 23.1 Å². The van der Waals surface area contributed by atoms with Gasteiger partial charge in [0.1, 0.15) is 16.8 Å². The van der Waals surface area contributed by atoms with E-state index in [1.54, 1.807) is 36.1 Å². The zero-order chi connectivity index (χ0) is 26.6. The molecule has 0 radical (unpaired) electrons. The average molecular weight is 568 g/mol. The Labute approximate surface area is 229 Å². The zero-order valence-electron chi connectivity index (χ0n) is 20.2. The number of benzene rings is 1. The standard InChI is InChI=1S/C25H22ClN7O3S2/c1-36-12-6-11-33-20(27)16(13-17-21(33)28-19-9-4-5-10-32(19)23(17)35)22(34)29-24-30-31-25(38-24)37-14-15-7-2-3-8-18(15)26/h2-5,7-10,13,27H,6,11-12,14H2,1H3,(H,29,30,34). The Morgan fingerprint density at radius 3 is 2.84 bits per heavy atom. The number of amides is 1. The zero-order valence-corrected chi connectivity index (χ0v) is 22.6. The summed E-state index contributed by atoms with van der Waals surface area (Å²) in [5, 5.41) is 20.9. The number of rotatable bonds is 9. The van der Waals surface area contributed by atoms with Crippen LogP contribution in [0.2, 0.25) is 5.02 Å². The minimum atomic E-state index is -0.561. The number of carbonyl (C=O) groups is 1. The highest BCUT2D eigenvalue weighted by atomic mass is 35.5. The minimum Gasteiger partial charge on any atom is -0.385 e. The van der Waals surface area contributed by atoms with Crippen LogP contribution in [0.4, 0.5) is 5.13 Å². The summed E-state index contributed by atoms with van der Waals surface area (Å²) in [5.41, 5.74) is 1.42. The number of aromatic nitrogens is 5. The molecule has 0 aliphatic rings. The number of fused-ring (bicyclic) bond motifs is 2. The predicted octanol–water partition coefficient (Wildman–Crippen LogP) is 4.21. The molecule has 0 saturated heterocycles. The number of pyridine rings is 2. The maximum atomic E-state index is 13.3. The summed E-state index contributed by atoms with van der Waals surface area (Å²) in [4.78, 5) is 31.2. The van der Waals surface area contributed by atoms with Crippen LogP contribution in [0.5, 0.6) is 0 Å². The van der Waals surface area contributed by atoms with Crippen molar-refractivity contribution in [2.75, 3.05) is 19.0 Å². The Bertz CT molecular complexity index is 1770. The number of methoxy groups -OCH3 is 1. The van der Waals surface area contributed by atoms with E-state index in [-0.39, 0.29) is 27.1 Å². The van der Waals surface area contributed by atoms with Crippen molar-refractivity contribution in [3.63, 3.8) is 0 Å². The highest BCUT2D eigenvalue weighted by Gasteiger charge is 2.19. The Kier molecular flexibility index (Phi) is 7.84. The van der Waals surface area contributed by atoms with Crippen molar-refractivity contribution in [1.82, 2.24) is 24.1 Å². The lowest BCUT2D eigenvalue weighted by atomic mass is 10.2. The van der Waals surface area contributed by atoms with E-state index in [2.05, 4.69) is 20.5 Å². The van der Waals surface area contributed by atoms with E-state index in [1.165, 1.54) is 33.6 Å². The molecule has 4 aromatic heterocycles. The van der Waals surface area contributed by atoms with Crippen LogP contribution < -0.4 is 16.4 Å². The number of hydrogen-bond donors (Lipinski definition) is 2. The molecule has 0 aliphatic heterocycles. The molecule has 10 nitrogen and oxygen atoms in total. The van der Waals surface area contributed by atoms with E-state index in [0.29, 0.717) is 46.0 Å². The van der Waals surface area contributed by atoms with E-state index in [4.69, 9.17) is 21.7 Å². The van der Waals surface area contributed by atoms with Crippen LogP contribution in [0.15, 0.2) is 63.9 Å². The van der Waals surface area contributed by atoms with Gasteiger partial charge < -0.3 is 9.30 Å². The molecule has 194 valence electrons. The van der Waals surface area contributed by atoms with Crippen LogP contribution in [-0.4, -0.2) is 43.8 Å². The first-order valence-electron chi connectivity index (χ1n) is 11.6. The molecule has 1 aromatic carbocycles. The third kappa shape index (κ3) is 5.34. The third-order valence-corrected chi connectivity index (χ3v) is 8.12. The number of hydrogen-bond acceptors (Lipinski definition) is 9. The highest BCUT2D eigenvalue weighted by molar-refractivity contribution is 8.00. The van der Waals surface area contributed by atoms with Gasteiger partial charge in [0.05, 0.1) is 10.9 Å².